The van der Waals surface area contributed by atoms with Gasteiger partial charge in [0.2, 0.25) is 0 Å². The summed E-state index contributed by atoms with van der Waals surface area (Å²) < 4.78 is 10.1. The second kappa shape index (κ2) is 3.77. The summed E-state index contributed by atoms with van der Waals surface area (Å²) in [5.41, 5.74) is 1.67. The van der Waals surface area contributed by atoms with Crippen LogP contribution in [0.15, 0.2) is 34.9 Å². The highest BCUT2D eigenvalue weighted by atomic mass is 16.5. The van der Waals surface area contributed by atoms with Crippen molar-refractivity contribution in [3.63, 3.8) is 0 Å². The summed E-state index contributed by atoms with van der Waals surface area (Å²) in [5, 5.41) is 0.968. The van der Waals surface area contributed by atoms with Crippen molar-refractivity contribution >= 4 is 16.9 Å². The second-order valence-corrected chi connectivity index (χ2v) is 3.43. The topological polar surface area (TPSA) is 39.4 Å². The average Bonchev–Trinajstić information content (AvgIpc) is 2.70. The Hall–Kier alpha value is -1.77. The van der Waals surface area contributed by atoms with E-state index in [1.807, 2.05) is 31.2 Å². The van der Waals surface area contributed by atoms with Crippen molar-refractivity contribution < 1.29 is 13.9 Å². The van der Waals surface area contributed by atoms with Gasteiger partial charge in [0.15, 0.2) is 0 Å². The number of rotatable bonds is 2. The second-order valence-electron chi connectivity index (χ2n) is 3.43. The lowest BCUT2D eigenvalue weighted by atomic mass is 10.0. The van der Waals surface area contributed by atoms with Crippen molar-refractivity contribution in [2.24, 2.45) is 0 Å². The minimum absolute atomic E-state index is 0.249. The molecule has 2 rings (SSSR count). The first-order valence-corrected chi connectivity index (χ1v) is 4.78. The zero-order valence-corrected chi connectivity index (χ0v) is 8.69. The van der Waals surface area contributed by atoms with Crippen LogP contribution in [-0.4, -0.2) is 13.1 Å². The van der Waals surface area contributed by atoms with Gasteiger partial charge in [0.1, 0.15) is 5.58 Å². The number of para-hydroxylation sites is 1. The standard InChI is InChI=1S/C12H12O3/c1-8(12(13)14-2)10-7-15-11-6-4-3-5-9(10)11/h3-8H,1-2H3. The first-order chi connectivity index (χ1) is 7.24. The van der Waals surface area contributed by atoms with Gasteiger partial charge in [-0.25, -0.2) is 0 Å². The molecule has 1 aromatic carbocycles. The molecule has 0 fully saturated rings. The third-order valence-electron chi connectivity index (χ3n) is 2.53. The number of carbonyl (C=O) groups excluding carboxylic acids is 1. The third-order valence-corrected chi connectivity index (χ3v) is 2.53. The lowest BCUT2D eigenvalue weighted by Crippen LogP contribution is -2.10. The van der Waals surface area contributed by atoms with Crippen molar-refractivity contribution in [1.29, 1.82) is 0 Å². The van der Waals surface area contributed by atoms with Crippen LogP contribution in [0.1, 0.15) is 18.4 Å². The van der Waals surface area contributed by atoms with E-state index in [9.17, 15) is 4.79 Å². The molecule has 0 spiro atoms. The molecule has 0 aliphatic carbocycles. The fraction of sp³-hybridized carbons (Fsp3) is 0.250. The molecule has 0 radical (unpaired) electrons. The fourth-order valence-electron chi connectivity index (χ4n) is 1.64. The summed E-state index contributed by atoms with van der Waals surface area (Å²) >= 11 is 0. The van der Waals surface area contributed by atoms with Gasteiger partial charge in [-0.1, -0.05) is 18.2 Å². The van der Waals surface area contributed by atoms with Gasteiger partial charge in [-0.3, -0.25) is 4.79 Å². The molecule has 0 bridgehead atoms. The van der Waals surface area contributed by atoms with Crippen LogP contribution in [-0.2, 0) is 9.53 Å². The third kappa shape index (κ3) is 1.61. The molecule has 78 valence electrons. The Balaban J connectivity index is 2.48. The minimum Gasteiger partial charge on any atom is -0.469 e. The van der Waals surface area contributed by atoms with Crippen molar-refractivity contribution in [3.8, 4) is 0 Å². The van der Waals surface area contributed by atoms with Gasteiger partial charge in [0.05, 0.1) is 19.3 Å². The largest absolute Gasteiger partial charge is 0.469 e. The molecular formula is C12H12O3. The first kappa shape index (κ1) is 9.77. The number of carbonyl (C=O) groups is 1. The van der Waals surface area contributed by atoms with Crippen molar-refractivity contribution in [3.05, 3.63) is 36.1 Å². The number of methoxy groups -OCH3 is 1. The highest BCUT2D eigenvalue weighted by Gasteiger charge is 2.19. The van der Waals surface area contributed by atoms with Crippen LogP contribution in [0.4, 0.5) is 0 Å². The predicted octanol–water partition coefficient (Wildman–Crippen LogP) is 2.71. The van der Waals surface area contributed by atoms with Crippen molar-refractivity contribution in [1.82, 2.24) is 0 Å². The van der Waals surface area contributed by atoms with E-state index in [0.29, 0.717) is 0 Å². The van der Waals surface area contributed by atoms with Gasteiger partial charge in [-0.2, -0.15) is 0 Å². The maximum Gasteiger partial charge on any atom is 0.312 e. The zero-order valence-electron chi connectivity index (χ0n) is 8.69. The molecule has 1 aromatic heterocycles. The van der Waals surface area contributed by atoms with Gasteiger partial charge in [0.25, 0.3) is 0 Å². The Labute approximate surface area is 87.6 Å². The molecule has 15 heavy (non-hydrogen) atoms. The lowest BCUT2D eigenvalue weighted by Gasteiger charge is -2.06. The molecule has 0 N–H and O–H groups in total. The Morgan fingerprint density at radius 1 is 1.40 bits per heavy atom. The van der Waals surface area contributed by atoms with Gasteiger partial charge in [0, 0.05) is 10.9 Å². The molecule has 1 unspecified atom stereocenters. The molecule has 0 aliphatic heterocycles. The highest BCUT2D eigenvalue weighted by Crippen LogP contribution is 2.27. The summed E-state index contributed by atoms with van der Waals surface area (Å²) in [6.45, 7) is 1.81. The SMILES string of the molecule is COC(=O)C(C)c1coc2ccccc12. The molecule has 0 amide bonds. The molecule has 0 aliphatic rings. The van der Waals surface area contributed by atoms with Gasteiger partial charge in [-0.15, -0.1) is 0 Å². The van der Waals surface area contributed by atoms with Gasteiger partial charge >= 0.3 is 5.97 Å². The normalized spacial score (nSPS) is 12.7. The number of benzene rings is 1. The Morgan fingerprint density at radius 3 is 2.87 bits per heavy atom. The number of furan rings is 1. The van der Waals surface area contributed by atoms with E-state index < -0.39 is 0 Å². The zero-order chi connectivity index (χ0) is 10.8. The summed E-state index contributed by atoms with van der Waals surface area (Å²) in [4.78, 5) is 11.4. The smallest absolute Gasteiger partial charge is 0.312 e. The van der Waals surface area contributed by atoms with Crippen LogP contribution in [0.25, 0.3) is 11.0 Å². The average molecular weight is 204 g/mol. The van der Waals surface area contributed by atoms with Crippen LogP contribution in [0, 0.1) is 0 Å². The van der Waals surface area contributed by atoms with Gasteiger partial charge in [-0.05, 0) is 13.0 Å². The van der Waals surface area contributed by atoms with E-state index >= 15 is 0 Å². The van der Waals surface area contributed by atoms with Crippen molar-refractivity contribution in [2.45, 2.75) is 12.8 Å². The maximum absolute atomic E-state index is 11.4. The molecule has 2 aromatic rings. The number of fused-ring (bicyclic) bond motifs is 1. The van der Waals surface area contributed by atoms with Crippen LogP contribution in [0.5, 0.6) is 0 Å². The Bertz CT molecular complexity index is 484. The number of hydrogen-bond acceptors (Lipinski definition) is 3. The van der Waals surface area contributed by atoms with E-state index in [-0.39, 0.29) is 11.9 Å². The summed E-state index contributed by atoms with van der Waals surface area (Å²) in [5.74, 6) is -0.541. The van der Waals surface area contributed by atoms with Crippen LogP contribution >= 0.6 is 0 Å². The molecular weight excluding hydrogens is 192 g/mol. The van der Waals surface area contributed by atoms with E-state index in [2.05, 4.69) is 0 Å². The number of ether oxygens (including phenoxy) is 1. The molecule has 0 saturated heterocycles. The van der Waals surface area contributed by atoms with Crippen LogP contribution in [0.2, 0.25) is 0 Å². The van der Waals surface area contributed by atoms with Crippen LogP contribution in [0.3, 0.4) is 0 Å². The predicted molar refractivity (Wildman–Crippen MR) is 56.6 cm³/mol. The lowest BCUT2D eigenvalue weighted by molar-refractivity contribution is -0.141. The van der Waals surface area contributed by atoms with E-state index in [1.165, 1.54) is 7.11 Å². The minimum atomic E-state index is -0.293. The van der Waals surface area contributed by atoms with Crippen LogP contribution < -0.4 is 0 Å². The van der Waals surface area contributed by atoms with E-state index in [1.54, 1.807) is 6.26 Å². The van der Waals surface area contributed by atoms with E-state index in [4.69, 9.17) is 9.15 Å². The highest BCUT2D eigenvalue weighted by molar-refractivity contribution is 5.88. The Morgan fingerprint density at radius 2 is 2.13 bits per heavy atom. The Kier molecular flexibility index (Phi) is 2.46. The van der Waals surface area contributed by atoms with Crippen molar-refractivity contribution in [2.75, 3.05) is 7.11 Å². The quantitative estimate of drug-likeness (QED) is 0.706. The monoisotopic (exact) mass is 204 g/mol. The number of esters is 1. The summed E-state index contributed by atoms with van der Waals surface area (Å²) in [7, 11) is 1.39. The summed E-state index contributed by atoms with van der Waals surface area (Å²) in [6.07, 6.45) is 1.62. The maximum atomic E-state index is 11.4. The fourth-order valence-corrected chi connectivity index (χ4v) is 1.64. The molecule has 3 nitrogen and oxygen atoms in total. The first-order valence-electron chi connectivity index (χ1n) is 4.78. The molecule has 1 atom stereocenters. The molecule has 0 saturated carbocycles. The summed E-state index contributed by atoms with van der Waals surface area (Å²) in [6, 6.07) is 7.64. The molecule has 3 heteroatoms. The van der Waals surface area contributed by atoms with E-state index in [0.717, 1.165) is 16.5 Å². The van der Waals surface area contributed by atoms with Gasteiger partial charge < -0.3 is 9.15 Å². The molecule has 1 heterocycles. The number of hydrogen-bond donors (Lipinski definition) is 0.